The number of rotatable bonds is 7. The summed E-state index contributed by atoms with van der Waals surface area (Å²) >= 11 is 0. The standard InChI is InChI=1S/C20H22FN3O5S/c1-5-24(12-18(25)15-10-13(21)6-9-19(15)29-4)30(27,28)14-7-8-16-17(11-14)23(3)20(26)22(16)2/h6-11H,5,12H2,1-4H3. The summed E-state index contributed by atoms with van der Waals surface area (Å²) in [4.78, 5) is 24.8. The predicted molar refractivity (Wildman–Crippen MR) is 110 cm³/mol. The highest BCUT2D eigenvalue weighted by Gasteiger charge is 2.27. The number of fused-ring (bicyclic) bond motifs is 1. The van der Waals surface area contributed by atoms with Crippen molar-refractivity contribution in [1.29, 1.82) is 0 Å². The molecule has 0 radical (unpaired) electrons. The molecule has 0 aliphatic rings. The van der Waals surface area contributed by atoms with Gasteiger partial charge >= 0.3 is 5.69 Å². The van der Waals surface area contributed by atoms with Gasteiger partial charge in [-0.15, -0.1) is 0 Å². The van der Waals surface area contributed by atoms with Crippen molar-refractivity contribution in [2.24, 2.45) is 14.1 Å². The van der Waals surface area contributed by atoms with Gasteiger partial charge in [0.05, 0.1) is 35.1 Å². The van der Waals surface area contributed by atoms with Gasteiger partial charge in [0, 0.05) is 20.6 Å². The van der Waals surface area contributed by atoms with E-state index < -0.39 is 28.2 Å². The van der Waals surface area contributed by atoms with Gasteiger partial charge in [0.25, 0.3) is 0 Å². The number of imidazole rings is 1. The number of ketones is 1. The molecule has 0 aliphatic carbocycles. The molecule has 0 N–H and O–H groups in total. The molecule has 0 aliphatic heterocycles. The summed E-state index contributed by atoms with van der Waals surface area (Å²) in [5.74, 6) is -1.05. The van der Waals surface area contributed by atoms with Gasteiger partial charge in [-0.3, -0.25) is 13.9 Å². The second-order valence-electron chi connectivity index (χ2n) is 6.75. The van der Waals surface area contributed by atoms with Crippen LogP contribution in [-0.4, -0.2) is 47.8 Å². The molecule has 0 atom stereocenters. The van der Waals surface area contributed by atoms with Crippen molar-refractivity contribution in [2.75, 3.05) is 20.2 Å². The highest BCUT2D eigenvalue weighted by Crippen LogP contribution is 2.24. The molecule has 0 saturated heterocycles. The Morgan fingerprint density at radius 2 is 1.77 bits per heavy atom. The van der Waals surface area contributed by atoms with Crippen molar-refractivity contribution < 1.29 is 22.3 Å². The van der Waals surface area contributed by atoms with E-state index in [1.54, 1.807) is 27.1 Å². The maximum atomic E-state index is 13.6. The number of likely N-dealkylation sites (N-methyl/N-ethyl adjacent to an activating group) is 1. The number of Topliss-reactive ketones (excluding diaryl/α,β-unsaturated/α-hetero) is 1. The molecule has 30 heavy (non-hydrogen) atoms. The van der Waals surface area contributed by atoms with Crippen LogP contribution in [0, 0.1) is 5.82 Å². The summed E-state index contributed by atoms with van der Waals surface area (Å²) < 4.78 is 48.8. The SMILES string of the molecule is CCN(CC(=O)c1cc(F)ccc1OC)S(=O)(=O)c1ccc2c(c1)n(C)c(=O)n2C. The van der Waals surface area contributed by atoms with Crippen molar-refractivity contribution in [3.8, 4) is 5.75 Å². The van der Waals surface area contributed by atoms with Crippen molar-refractivity contribution in [2.45, 2.75) is 11.8 Å². The van der Waals surface area contributed by atoms with Crippen LogP contribution < -0.4 is 10.4 Å². The lowest BCUT2D eigenvalue weighted by Crippen LogP contribution is -2.35. The lowest BCUT2D eigenvalue weighted by Gasteiger charge is -2.20. The number of carbonyl (C=O) groups excluding carboxylic acids is 1. The summed E-state index contributed by atoms with van der Waals surface area (Å²) in [6, 6.07) is 7.85. The highest BCUT2D eigenvalue weighted by molar-refractivity contribution is 7.89. The molecule has 1 aromatic heterocycles. The van der Waals surface area contributed by atoms with E-state index in [2.05, 4.69) is 0 Å². The fourth-order valence-corrected chi connectivity index (χ4v) is 4.73. The number of hydrogen-bond acceptors (Lipinski definition) is 5. The Labute approximate surface area is 173 Å². The molecular weight excluding hydrogens is 413 g/mol. The van der Waals surface area contributed by atoms with Crippen LogP contribution in [0.15, 0.2) is 46.1 Å². The number of methoxy groups -OCH3 is 1. The number of aryl methyl sites for hydroxylation is 2. The fourth-order valence-electron chi connectivity index (χ4n) is 3.31. The first-order valence-corrected chi connectivity index (χ1v) is 10.6. The molecule has 8 nitrogen and oxygen atoms in total. The first kappa shape index (κ1) is 21.7. The third-order valence-corrected chi connectivity index (χ3v) is 6.93. The first-order valence-electron chi connectivity index (χ1n) is 9.14. The van der Waals surface area contributed by atoms with Gasteiger partial charge in [0.1, 0.15) is 11.6 Å². The number of carbonyl (C=O) groups is 1. The van der Waals surface area contributed by atoms with Crippen molar-refractivity contribution >= 4 is 26.8 Å². The van der Waals surface area contributed by atoms with Gasteiger partial charge in [0.2, 0.25) is 10.0 Å². The van der Waals surface area contributed by atoms with Crippen LogP contribution in [0.3, 0.4) is 0 Å². The molecule has 0 amide bonds. The summed E-state index contributed by atoms with van der Waals surface area (Å²) in [5, 5.41) is 0. The lowest BCUT2D eigenvalue weighted by atomic mass is 10.1. The molecule has 0 fully saturated rings. The second-order valence-corrected chi connectivity index (χ2v) is 8.69. The Kier molecular flexibility index (Phi) is 5.82. The highest BCUT2D eigenvalue weighted by atomic mass is 32.2. The zero-order chi connectivity index (χ0) is 22.2. The molecule has 3 rings (SSSR count). The number of aromatic nitrogens is 2. The minimum absolute atomic E-state index is 0.0253. The fraction of sp³-hybridized carbons (Fsp3) is 0.300. The minimum atomic E-state index is -4.04. The van der Waals surface area contributed by atoms with Crippen LogP contribution in [0.25, 0.3) is 11.0 Å². The smallest absolute Gasteiger partial charge is 0.328 e. The third kappa shape index (κ3) is 3.63. The average molecular weight is 435 g/mol. The number of hydrogen-bond donors (Lipinski definition) is 0. The first-order chi connectivity index (χ1) is 14.1. The van der Waals surface area contributed by atoms with Crippen LogP contribution in [0.4, 0.5) is 4.39 Å². The van der Waals surface area contributed by atoms with Crippen LogP contribution >= 0.6 is 0 Å². The molecule has 0 spiro atoms. The van der Waals surface area contributed by atoms with E-state index >= 15 is 0 Å². The summed E-state index contributed by atoms with van der Waals surface area (Å²) in [7, 11) is 0.456. The van der Waals surface area contributed by atoms with Crippen LogP contribution in [0.2, 0.25) is 0 Å². The number of ether oxygens (including phenoxy) is 1. The summed E-state index contributed by atoms with van der Waals surface area (Å²) in [5.41, 5.74) is 0.732. The molecule has 0 unspecified atom stereocenters. The Morgan fingerprint density at radius 1 is 1.10 bits per heavy atom. The number of sulfonamides is 1. The van der Waals surface area contributed by atoms with E-state index in [-0.39, 0.29) is 28.4 Å². The van der Waals surface area contributed by atoms with E-state index in [0.29, 0.717) is 11.0 Å². The van der Waals surface area contributed by atoms with Crippen LogP contribution in [0.5, 0.6) is 5.75 Å². The monoisotopic (exact) mass is 435 g/mol. The van der Waals surface area contributed by atoms with Gasteiger partial charge in [0.15, 0.2) is 5.78 Å². The number of benzene rings is 2. The average Bonchev–Trinajstić information content (AvgIpc) is 2.95. The van der Waals surface area contributed by atoms with Crippen molar-refractivity contribution in [3.63, 3.8) is 0 Å². The lowest BCUT2D eigenvalue weighted by molar-refractivity contribution is 0.0964. The van der Waals surface area contributed by atoms with Gasteiger partial charge < -0.3 is 4.74 Å². The topological polar surface area (TPSA) is 90.6 Å². The van der Waals surface area contributed by atoms with Crippen molar-refractivity contribution in [1.82, 2.24) is 13.4 Å². The largest absolute Gasteiger partial charge is 0.496 e. The Hall–Kier alpha value is -2.98. The molecular formula is C20H22FN3O5S. The summed E-state index contributed by atoms with van der Waals surface area (Å²) in [6.07, 6.45) is 0. The molecule has 10 heteroatoms. The maximum Gasteiger partial charge on any atom is 0.328 e. The molecule has 2 aromatic carbocycles. The van der Waals surface area contributed by atoms with E-state index in [1.807, 2.05) is 0 Å². The molecule has 0 saturated carbocycles. The summed E-state index contributed by atoms with van der Waals surface area (Å²) in [6.45, 7) is 1.15. The normalized spacial score (nSPS) is 11.9. The van der Waals surface area contributed by atoms with E-state index in [9.17, 15) is 22.4 Å². The van der Waals surface area contributed by atoms with Gasteiger partial charge in [-0.2, -0.15) is 4.31 Å². The predicted octanol–water partition coefficient (Wildman–Crippen LogP) is 1.92. The van der Waals surface area contributed by atoms with E-state index in [0.717, 1.165) is 16.4 Å². The molecule has 0 bridgehead atoms. The van der Waals surface area contributed by atoms with Crippen LogP contribution in [0.1, 0.15) is 17.3 Å². The van der Waals surface area contributed by atoms with E-state index in [4.69, 9.17) is 4.74 Å². The van der Waals surface area contributed by atoms with Gasteiger partial charge in [-0.25, -0.2) is 17.6 Å². The second kappa shape index (κ2) is 8.04. The van der Waals surface area contributed by atoms with Crippen molar-refractivity contribution in [3.05, 3.63) is 58.3 Å². The van der Waals surface area contributed by atoms with Gasteiger partial charge in [-0.1, -0.05) is 6.92 Å². The zero-order valence-corrected chi connectivity index (χ0v) is 17.9. The number of nitrogens with zero attached hydrogens (tertiary/aromatic N) is 3. The number of halogens is 1. The Bertz CT molecular complexity index is 1290. The quantitative estimate of drug-likeness (QED) is 0.529. The van der Waals surface area contributed by atoms with Crippen LogP contribution in [-0.2, 0) is 24.1 Å². The Balaban J connectivity index is 1.99. The molecule has 3 aromatic rings. The zero-order valence-electron chi connectivity index (χ0n) is 17.0. The van der Waals surface area contributed by atoms with Gasteiger partial charge in [-0.05, 0) is 36.4 Å². The van der Waals surface area contributed by atoms with E-state index in [1.165, 1.54) is 34.4 Å². The third-order valence-electron chi connectivity index (χ3n) is 5.02. The molecule has 160 valence electrons. The maximum absolute atomic E-state index is 13.6. The Morgan fingerprint density at radius 3 is 2.40 bits per heavy atom. The molecule has 1 heterocycles. The minimum Gasteiger partial charge on any atom is -0.496 e.